The van der Waals surface area contributed by atoms with Crippen molar-refractivity contribution in [1.29, 1.82) is 0 Å². The van der Waals surface area contributed by atoms with Gasteiger partial charge in [0.25, 0.3) is 0 Å². The summed E-state index contributed by atoms with van der Waals surface area (Å²) < 4.78 is 21.1. The third kappa shape index (κ3) is 3.99. The molecule has 0 N–H and O–H groups in total. The zero-order chi connectivity index (χ0) is 16.9. The average molecular weight is 346 g/mol. The van der Waals surface area contributed by atoms with Crippen LogP contribution in [0, 0.1) is 5.82 Å². The van der Waals surface area contributed by atoms with Crippen LogP contribution in [0.5, 0.6) is 0 Å². The van der Waals surface area contributed by atoms with Crippen LogP contribution >= 0.6 is 11.6 Å². The highest BCUT2D eigenvalue weighted by atomic mass is 35.5. The molecule has 24 heavy (non-hydrogen) atoms. The van der Waals surface area contributed by atoms with Gasteiger partial charge >= 0.3 is 0 Å². The topological polar surface area (TPSA) is 39.9 Å². The van der Waals surface area contributed by atoms with Crippen LogP contribution in [0.3, 0.4) is 0 Å². The second-order valence-corrected chi connectivity index (χ2v) is 5.86. The number of rotatable bonds is 6. The minimum absolute atomic E-state index is 0.225. The van der Waals surface area contributed by atoms with Crippen LogP contribution in [-0.4, -0.2) is 14.8 Å². The number of ether oxygens (including phenoxy) is 1. The molecule has 2 aromatic carbocycles. The predicted molar refractivity (Wildman–Crippen MR) is 90.1 cm³/mol. The summed E-state index contributed by atoms with van der Waals surface area (Å²) in [5.41, 5.74) is 1.77. The number of hydrogen-bond donors (Lipinski definition) is 0. The van der Waals surface area contributed by atoms with Gasteiger partial charge in [0.2, 0.25) is 0 Å². The molecule has 1 heterocycles. The van der Waals surface area contributed by atoms with Gasteiger partial charge in [-0.05, 0) is 36.2 Å². The van der Waals surface area contributed by atoms with Crippen LogP contribution in [0.25, 0.3) is 0 Å². The molecular weight excluding hydrogens is 329 g/mol. The van der Waals surface area contributed by atoms with E-state index in [9.17, 15) is 4.39 Å². The standard InChI is InChI=1S/C18H17ClFN3O/c1-13(16-4-2-3-5-17(16)19)24-18(10-23-12-21-11-22-23)14-6-8-15(20)9-7-14/h2-9,11-13,18H,10H2,1H3. The summed E-state index contributed by atoms with van der Waals surface area (Å²) >= 11 is 6.25. The molecule has 0 fully saturated rings. The fraction of sp³-hybridized carbons (Fsp3) is 0.222. The number of benzene rings is 2. The largest absolute Gasteiger partial charge is 0.364 e. The molecule has 1 aromatic heterocycles. The van der Waals surface area contributed by atoms with Crippen molar-refractivity contribution in [2.45, 2.75) is 25.7 Å². The number of nitrogens with zero attached hydrogens (tertiary/aromatic N) is 3. The van der Waals surface area contributed by atoms with E-state index in [1.54, 1.807) is 23.1 Å². The van der Waals surface area contributed by atoms with E-state index in [1.165, 1.54) is 18.5 Å². The van der Waals surface area contributed by atoms with Gasteiger partial charge in [0.15, 0.2) is 0 Å². The lowest BCUT2D eigenvalue weighted by atomic mass is 10.1. The van der Waals surface area contributed by atoms with Crippen LogP contribution in [0.15, 0.2) is 61.2 Å². The smallest absolute Gasteiger partial charge is 0.137 e. The van der Waals surface area contributed by atoms with Crippen molar-refractivity contribution in [2.24, 2.45) is 0 Å². The molecule has 3 rings (SSSR count). The molecule has 4 nitrogen and oxygen atoms in total. The summed E-state index contributed by atoms with van der Waals surface area (Å²) in [4.78, 5) is 3.95. The molecule has 0 saturated carbocycles. The van der Waals surface area contributed by atoms with Crippen LogP contribution in [-0.2, 0) is 11.3 Å². The van der Waals surface area contributed by atoms with Crippen molar-refractivity contribution in [3.63, 3.8) is 0 Å². The summed E-state index contributed by atoms with van der Waals surface area (Å²) in [5.74, 6) is -0.280. The maximum absolute atomic E-state index is 13.2. The molecule has 0 aliphatic rings. The van der Waals surface area contributed by atoms with E-state index in [-0.39, 0.29) is 18.0 Å². The Hall–Kier alpha value is -2.24. The second-order valence-electron chi connectivity index (χ2n) is 5.46. The third-order valence-electron chi connectivity index (χ3n) is 3.77. The quantitative estimate of drug-likeness (QED) is 0.656. The second kappa shape index (κ2) is 7.55. The van der Waals surface area contributed by atoms with Crippen LogP contribution in [0.1, 0.15) is 30.3 Å². The first kappa shape index (κ1) is 16.6. The molecule has 3 aromatic rings. The normalized spacial score (nSPS) is 13.6. The Kier molecular flexibility index (Phi) is 5.23. The molecule has 0 aliphatic heterocycles. The molecule has 0 radical (unpaired) electrons. The van der Waals surface area contributed by atoms with E-state index in [0.29, 0.717) is 11.6 Å². The molecular formula is C18H17ClFN3O. The van der Waals surface area contributed by atoms with Gasteiger partial charge in [-0.3, -0.25) is 4.68 Å². The minimum atomic E-state index is -0.307. The highest BCUT2D eigenvalue weighted by Crippen LogP contribution is 2.31. The number of halogens is 2. The van der Waals surface area contributed by atoms with Crippen molar-refractivity contribution in [2.75, 3.05) is 0 Å². The van der Waals surface area contributed by atoms with Crippen molar-refractivity contribution in [1.82, 2.24) is 14.8 Å². The molecule has 0 bridgehead atoms. The Morgan fingerprint density at radius 3 is 2.58 bits per heavy atom. The Balaban J connectivity index is 1.84. The SMILES string of the molecule is CC(OC(Cn1cncn1)c1ccc(F)cc1)c1ccccc1Cl. The highest BCUT2D eigenvalue weighted by Gasteiger charge is 2.19. The van der Waals surface area contributed by atoms with Crippen LogP contribution in [0.4, 0.5) is 4.39 Å². The molecule has 0 amide bonds. The molecule has 124 valence electrons. The number of aromatic nitrogens is 3. The lowest BCUT2D eigenvalue weighted by molar-refractivity contribution is -0.0162. The van der Waals surface area contributed by atoms with E-state index >= 15 is 0 Å². The maximum atomic E-state index is 13.2. The zero-order valence-corrected chi connectivity index (χ0v) is 13.9. The molecule has 6 heteroatoms. The van der Waals surface area contributed by atoms with Gasteiger partial charge < -0.3 is 4.74 Å². The molecule has 0 aliphatic carbocycles. The maximum Gasteiger partial charge on any atom is 0.137 e. The first-order valence-corrected chi connectivity index (χ1v) is 7.99. The van der Waals surface area contributed by atoms with Gasteiger partial charge in [0, 0.05) is 5.02 Å². The summed E-state index contributed by atoms with van der Waals surface area (Å²) in [5, 5.41) is 4.78. The summed E-state index contributed by atoms with van der Waals surface area (Å²) in [6, 6.07) is 13.9. The lowest BCUT2D eigenvalue weighted by Gasteiger charge is -2.24. The van der Waals surface area contributed by atoms with Crippen molar-refractivity contribution < 1.29 is 9.13 Å². The van der Waals surface area contributed by atoms with Gasteiger partial charge in [-0.25, -0.2) is 9.37 Å². The predicted octanol–water partition coefficient (Wildman–Crippen LogP) is 4.59. The summed E-state index contributed by atoms with van der Waals surface area (Å²) in [7, 11) is 0. The fourth-order valence-corrected chi connectivity index (χ4v) is 2.82. The van der Waals surface area contributed by atoms with E-state index in [4.69, 9.17) is 16.3 Å². The molecule has 2 atom stereocenters. The van der Waals surface area contributed by atoms with Gasteiger partial charge in [0.05, 0.1) is 12.6 Å². The summed E-state index contributed by atoms with van der Waals surface area (Å²) in [6.07, 6.45) is 2.56. The monoisotopic (exact) mass is 345 g/mol. The Labute approximate surface area is 144 Å². The van der Waals surface area contributed by atoms with E-state index in [0.717, 1.165) is 11.1 Å². The average Bonchev–Trinajstić information content (AvgIpc) is 3.08. The number of hydrogen-bond acceptors (Lipinski definition) is 3. The van der Waals surface area contributed by atoms with E-state index in [2.05, 4.69) is 10.1 Å². The Morgan fingerprint density at radius 1 is 1.17 bits per heavy atom. The molecule has 0 saturated heterocycles. The van der Waals surface area contributed by atoms with Gasteiger partial charge in [-0.2, -0.15) is 5.10 Å². The van der Waals surface area contributed by atoms with E-state index in [1.807, 2.05) is 31.2 Å². The van der Waals surface area contributed by atoms with Crippen LogP contribution < -0.4 is 0 Å². The van der Waals surface area contributed by atoms with Crippen molar-refractivity contribution >= 4 is 11.6 Å². The van der Waals surface area contributed by atoms with Crippen LogP contribution in [0.2, 0.25) is 5.02 Å². The van der Waals surface area contributed by atoms with Crippen molar-refractivity contribution in [3.8, 4) is 0 Å². The van der Waals surface area contributed by atoms with Gasteiger partial charge in [-0.15, -0.1) is 0 Å². The first-order chi connectivity index (χ1) is 11.6. The molecule has 0 spiro atoms. The zero-order valence-electron chi connectivity index (χ0n) is 13.1. The van der Waals surface area contributed by atoms with Gasteiger partial charge in [-0.1, -0.05) is 41.9 Å². The highest BCUT2D eigenvalue weighted by molar-refractivity contribution is 6.31. The third-order valence-corrected chi connectivity index (χ3v) is 4.12. The van der Waals surface area contributed by atoms with Crippen molar-refractivity contribution in [3.05, 3.63) is 83.2 Å². The van der Waals surface area contributed by atoms with Gasteiger partial charge in [0.1, 0.15) is 24.6 Å². The fourth-order valence-electron chi connectivity index (χ4n) is 2.53. The lowest BCUT2D eigenvalue weighted by Crippen LogP contribution is -2.15. The van der Waals surface area contributed by atoms with E-state index < -0.39 is 0 Å². The Bertz CT molecular complexity index is 777. The molecule has 2 unspecified atom stereocenters. The minimum Gasteiger partial charge on any atom is -0.364 e. The summed E-state index contributed by atoms with van der Waals surface area (Å²) in [6.45, 7) is 2.42. The Morgan fingerprint density at radius 2 is 1.92 bits per heavy atom. The first-order valence-electron chi connectivity index (χ1n) is 7.61.